The van der Waals surface area contributed by atoms with E-state index in [1.165, 1.54) is 12.3 Å². The minimum atomic E-state index is -0.751. The Bertz CT molecular complexity index is 339. The van der Waals surface area contributed by atoms with Crippen molar-refractivity contribution in [1.29, 1.82) is 0 Å². The Morgan fingerprint density at radius 1 is 1.57 bits per heavy atom. The van der Waals surface area contributed by atoms with Crippen molar-refractivity contribution in [1.82, 2.24) is 0 Å². The maximum absolute atomic E-state index is 11.4. The molecule has 78 valence electrons. The zero-order chi connectivity index (χ0) is 10.6. The summed E-state index contributed by atoms with van der Waals surface area (Å²) in [6.07, 6.45) is 3.36. The van der Waals surface area contributed by atoms with Gasteiger partial charge in [0, 0.05) is 12.5 Å². The average molecular weight is 196 g/mol. The molecule has 0 aliphatic heterocycles. The van der Waals surface area contributed by atoms with Crippen LogP contribution in [0.4, 0.5) is 0 Å². The lowest BCUT2D eigenvalue weighted by Gasteiger charge is -2.08. The van der Waals surface area contributed by atoms with E-state index in [1.807, 2.05) is 0 Å². The van der Waals surface area contributed by atoms with Crippen molar-refractivity contribution in [2.75, 3.05) is 0 Å². The van der Waals surface area contributed by atoms with E-state index >= 15 is 0 Å². The lowest BCUT2D eigenvalue weighted by atomic mass is 10.1. The van der Waals surface area contributed by atoms with Gasteiger partial charge in [-0.15, -0.1) is 0 Å². The molecule has 1 aromatic heterocycles. The molecule has 1 unspecified atom stereocenters. The molecule has 0 bridgehead atoms. The molecule has 1 heterocycles. The molecule has 0 fully saturated rings. The van der Waals surface area contributed by atoms with Crippen LogP contribution in [0.2, 0.25) is 0 Å². The van der Waals surface area contributed by atoms with E-state index in [1.54, 1.807) is 6.92 Å². The van der Waals surface area contributed by atoms with Crippen LogP contribution in [0.25, 0.3) is 0 Å². The first kappa shape index (κ1) is 11.0. The normalized spacial score (nSPS) is 12.8. The Balaban J connectivity index is 3.02. The van der Waals surface area contributed by atoms with E-state index < -0.39 is 6.10 Å². The summed E-state index contributed by atoms with van der Waals surface area (Å²) in [4.78, 5) is 11.4. The van der Waals surface area contributed by atoms with Crippen molar-refractivity contribution in [3.05, 3.63) is 33.9 Å². The second-order valence-electron chi connectivity index (χ2n) is 3.40. The second kappa shape index (κ2) is 4.96. The van der Waals surface area contributed by atoms with Crippen molar-refractivity contribution in [2.45, 2.75) is 39.2 Å². The summed E-state index contributed by atoms with van der Waals surface area (Å²) in [5.74, 6) is 0.620. The lowest BCUT2D eigenvalue weighted by Crippen LogP contribution is -2.13. The van der Waals surface area contributed by atoms with Gasteiger partial charge in [0.2, 0.25) is 0 Å². The minimum absolute atomic E-state index is 0.141. The summed E-state index contributed by atoms with van der Waals surface area (Å²) in [6.45, 7) is 3.66. The molecule has 0 radical (unpaired) electrons. The van der Waals surface area contributed by atoms with Crippen LogP contribution in [-0.2, 0) is 6.42 Å². The van der Waals surface area contributed by atoms with Gasteiger partial charge in [-0.25, -0.2) is 0 Å². The Hall–Kier alpha value is -1.09. The first-order valence-corrected chi connectivity index (χ1v) is 4.95. The molecule has 3 nitrogen and oxygen atoms in total. The van der Waals surface area contributed by atoms with E-state index in [-0.39, 0.29) is 5.43 Å². The molecule has 1 aromatic rings. The van der Waals surface area contributed by atoms with E-state index in [0.29, 0.717) is 17.7 Å². The molecule has 0 spiro atoms. The van der Waals surface area contributed by atoms with E-state index in [0.717, 1.165) is 12.8 Å². The third-order valence-electron chi connectivity index (χ3n) is 2.17. The number of hydrogen-bond donors (Lipinski definition) is 1. The highest BCUT2D eigenvalue weighted by atomic mass is 16.3. The predicted molar refractivity (Wildman–Crippen MR) is 54.2 cm³/mol. The average Bonchev–Trinajstić information content (AvgIpc) is 2.14. The zero-order valence-electron chi connectivity index (χ0n) is 8.62. The van der Waals surface area contributed by atoms with Crippen LogP contribution in [0, 0.1) is 0 Å². The highest BCUT2D eigenvalue weighted by molar-refractivity contribution is 5.19. The van der Waals surface area contributed by atoms with Crippen molar-refractivity contribution in [3.8, 4) is 0 Å². The van der Waals surface area contributed by atoms with E-state index in [4.69, 9.17) is 4.42 Å². The van der Waals surface area contributed by atoms with Crippen LogP contribution >= 0.6 is 0 Å². The summed E-state index contributed by atoms with van der Waals surface area (Å²) >= 11 is 0. The Kier molecular flexibility index (Phi) is 3.89. The van der Waals surface area contributed by atoms with E-state index in [2.05, 4.69) is 6.92 Å². The molecule has 3 heteroatoms. The number of unbranched alkanes of at least 4 members (excludes halogenated alkanes) is 1. The van der Waals surface area contributed by atoms with Crippen LogP contribution in [0.15, 0.2) is 21.5 Å². The maximum Gasteiger partial charge on any atom is 0.190 e. The first-order chi connectivity index (χ1) is 6.66. The Labute approximate surface area is 83.4 Å². The minimum Gasteiger partial charge on any atom is -0.469 e. The third-order valence-corrected chi connectivity index (χ3v) is 2.17. The van der Waals surface area contributed by atoms with Crippen molar-refractivity contribution >= 4 is 0 Å². The van der Waals surface area contributed by atoms with Gasteiger partial charge in [-0.3, -0.25) is 4.79 Å². The largest absolute Gasteiger partial charge is 0.469 e. The SMILES string of the molecule is CCCCc1occc(=O)c1C(C)O. The molecule has 1 atom stereocenters. The summed E-state index contributed by atoms with van der Waals surface area (Å²) in [5, 5.41) is 9.42. The molecular formula is C11H16O3. The summed E-state index contributed by atoms with van der Waals surface area (Å²) in [5.41, 5.74) is 0.262. The molecular weight excluding hydrogens is 180 g/mol. The van der Waals surface area contributed by atoms with Crippen LogP contribution in [0.3, 0.4) is 0 Å². The third kappa shape index (κ3) is 2.45. The number of hydrogen-bond acceptors (Lipinski definition) is 3. The van der Waals surface area contributed by atoms with Gasteiger partial charge in [-0.1, -0.05) is 13.3 Å². The number of aliphatic hydroxyl groups is 1. The van der Waals surface area contributed by atoms with Gasteiger partial charge < -0.3 is 9.52 Å². The molecule has 0 aliphatic rings. The monoisotopic (exact) mass is 196 g/mol. The van der Waals surface area contributed by atoms with Gasteiger partial charge in [0.05, 0.1) is 17.9 Å². The molecule has 0 saturated carbocycles. The summed E-state index contributed by atoms with van der Waals surface area (Å²) in [7, 11) is 0. The molecule has 1 N–H and O–H groups in total. The molecule has 1 rings (SSSR count). The van der Waals surface area contributed by atoms with Gasteiger partial charge in [0.25, 0.3) is 0 Å². The topological polar surface area (TPSA) is 50.4 Å². The van der Waals surface area contributed by atoms with Gasteiger partial charge in [-0.05, 0) is 13.3 Å². The molecule has 0 aromatic carbocycles. The van der Waals surface area contributed by atoms with Gasteiger partial charge >= 0.3 is 0 Å². The van der Waals surface area contributed by atoms with Gasteiger partial charge in [0.15, 0.2) is 5.43 Å². The molecule has 0 aliphatic carbocycles. The van der Waals surface area contributed by atoms with Crippen molar-refractivity contribution < 1.29 is 9.52 Å². The smallest absolute Gasteiger partial charge is 0.190 e. The van der Waals surface area contributed by atoms with Crippen LogP contribution in [-0.4, -0.2) is 5.11 Å². The highest BCUT2D eigenvalue weighted by Crippen LogP contribution is 2.15. The fourth-order valence-electron chi connectivity index (χ4n) is 1.44. The number of aliphatic hydroxyl groups excluding tert-OH is 1. The summed E-state index contributed by atoms with van der Waals surface area (Å²) in [6, 6.07) is 1.34. The Morgan fingerprint density at radius 2 is 2.29 bits per heavy atom. The quantitative estimate of drug-likeness (QED) is 0.801. The van der Waals surface area contributed by atoms with Crippen molar-refractivity contribution in [3.63, 3.8) is 0 Å². The zero-order valence-corrected chi connectivity index (χ0v) is 8.62. The fourth-order valence-corrected chi connectivity index (χ4v) is 1.44. The molecule has 0 amide bonds. The number of aryl methyl sites for hydroxylation is 1. The lowest BCUT2D eigenvalue weighted by molar-refractivity contribution is 0.192. The number of rotatable bonds is 4. The molecule has 14 heavy (non-hydrogen) atoms. The van der Waals surface area contributed by atoms with Crippen molar-refractivity contribution in [2.24, 2.45) is 0 Å². The maximum atomic E-state index is 11.4. The second-order valence-corrected chi connectivity index (χ2v) is 3.40. The summed E-state index contributed by atoms with van der Waals surface area (Å²) < 4.78 is 5.24. The Morgan fingerprint density at radius 3 is 2.86 bits per heavy atom. The van der Waals surface area contributed by atoms with Crippen LogP contribution < -0.4 is 5.43 Å². The van der Waals surface area contributed by atoms with Crippen LogP contribution in [0.5, 0.6) is 0 Å². The molecule has 0 saturated heterocycles. The first-order valence-electron chi connectivity index (χ1n) is 4.95. The van der Waals surface area contributed by atoms with Gasteiger partial charge in [-0.2, -0.15) is 0 Å². The van der Waals surface area contributed by atoms with E-state index in [9.17, 15) is 9.90 Å². The predicted octanol–water partition coefficient (Wildman–Crippen LogP) is 2.04. The van der Waals surface area contributed by atoms with Gasteiger partial charge in [0.1, 0.15) is 5.76 Å². The highest BCUT2D eigenvalue weighted by Gasteiger charge is 2.13. The van der Waals surface area contributed by atoms with Crippen LogP contribution in [0.1, 0.15) is 44.1 Å². The standard InChI is InChI=1S/C11H16O3/c1-3-4-5-10-11(8(2)12)9(13)6-7-14-10/h6-8,12H,3-5H2,1-2H3. The fraction of sp³-hybridized carbons (Fsp3) is 0.545.